The van der Waals surface area contributed by atoms with Gasteiger partial charge in [0.1, 0.15) is 0 Å². The molecule has 0 aliphatic heterocycles. The van der Waals surface area contributed by atoms with Gasteiger partial charge >= 0.3 is 0 Å². The zero-order chi connectivity index (χ0) is 8.84. The van der Waals surface area contributed by atoms with E-state index < -0.39 is 0 Å². The summed E-state index contributed by atoms with van der Waals surface area (Å²) in [6, 6.07) is 6.41. The van der Waals surface area contributed by atoms with E-state index in [9.17, 15) is 0 Å². The standard InChI is InChI=1S/C11H10BrN/c12-9-5-1-4-8-7-3-2-6-10(7)13-11(8)9/h1,4-5,13H,2-3,6H2. The van der Waals surface area contributed by atoms with E-state index in [1.807, 2.05) is 0 Å². The molecule has 0 saturated carbocycles. The van der Waals surface area contributed by atoms with Crippen LogP contribution in [0.4, 0.5) is 0 Å². The van der Waals surface area contributed by atoms with E-state index in [1.54, 1.807) is 0 Å². The molecule has 0 atom stereocenters. The number of para-hydroxylation sites is 1. The summed E-state index contributed by atoms with van der Waals surface area (Å²) in [5.74, 6) is 0. The first-order valence-corrected chi connectivity index (χ1v) is 5.43. The van der Waals surface area contributed by atoms with Gasteiger partial charge in [-0.1, -0.05) is 12.1 Å². The van der Waals surface area contributed by atoms with Crippen LogP contribution in [0.2, 0.25) is 0 Å². The highest BCUT2D eigenvalue weighted by atomic mass is 79.9. The summed E-state index contributed by atoms with van der Waals surface area (Å²) < 4.78 is 1.18. The monoisotopic (exact) mass is 235 g/mol. The Bertz CT molecular complexity index is 470. The molecule has 0 fully saturated rings. The van der Waals surface area contributed by atoms with Crippen LogP contribution in [0, 0.1) is 0 Å². The number of hydrogen-bond donors (Lipinski definition) is 1. The molecule has 1 aliphatic rings. The SMILES string of the molecule is Brc1cccc2c3c([nH]c12)CCC3. The quantitative estimate of drug-likeness (QED) is 0.721. The molecule has 0 bridgehead atoms. The van der Waals surface area contributed by atoms with Gasteiger partial charge in [-0.25, -0.2) is 0 Å². The zero-order valence-corrected chi connectivity index (χ0v) is 8.82. The fourth-order valence-corrected chi connectivity index (χ4v) is 2.70. The van der Waals surface area contributed by atoms with E-state index in [0.29, 0.717) is 0 Å². The van der Waals surface area contributed by atoms with E-state index in [1.165, 1.54) is 45.9 Å². The van der Waals surface area contributed by atoms with Crippen LogP contribution in [-0.4, -0.2) is 4.98 Å². The van der Waals surface area contributed by atoms with Crippen molar-refractivity contribution in [2.45, 2.75) is 19.3 Å². The summed E-state index contributed by atoms with van der Waals surface area (Å²) in [5.41, 5.74) is 4.26. The molecule has 0 spiro atoms. The highest BCUT2D eigenvalue weighted by Crippen LogP contribution is 2.33. The summed E-state index contributed by atoms with van der Waals surface area (Å²) in [6.45, 7) is 0. The van der Waals surface area contributed by atoms with Gasteiger partial charge in [0.05, 0.1) is 5.52 Å². The number of rotatable bonds is 0. The van der Waals surface area contributed by atoms with E-state index in [-0.39, 0.29) is 0 Å². The second-order valence-corrected chi connectivity index (χ2v) is 4.45. The summed E-state index contributed by atoms with van der Waals surface area (Å²) in [7, 11) is 0. The molecule has 1 aliphatic carbocycles. The Hall–Kier alpha value is -0.760. The number of benzene rings is 1. The van der Waals surface area contributed by atoms with Gasteiger partial charge in [0.15, 0.2) is 0 Å². The Balaban J connectivity index is 2.44. The van der Waals surface area contributed by atoms with Crippen molar-refractivity contribution in [1.29, 1.82) is 0 Å². The summed E-state index contributed by atoms with van der Waals surface area (Å²) in [4.78, 5) is 3.50. The van der Waals surface area contributed by atoms with Gasteiger partial charge in [0, 0.05) is 15.6 Å². The molecule has 0 radical (unpaired) electrons. The van der Waals surface area contributed by atoms with Gasteiger partial charge < -0.3 is 4.98 Å². The fourth-order valence-electron chi connectivity index (χ4n) is 2.23. The third-order valence-electron chi connectivity index (χ3n) is 2.83. The van der Waals surface area contributed by atoms with Gasteiger partial charge in [-0.15, -0.1) is 0 Å². The lowest BCUT2D eigenvalue weighted by molar-refractivity contribution is 0.899. The number of nitrogens with one attached hydrogen (secondary N) is 1. The highest BCUT2D eigenvalue weighted by Gasteiger charge is 2.17. The van der Waals surface area contributed by atoms with Crippen molar-refractivity contribution in [2.24, 2.45) is 0 Å². The maximum atomic E-state index is 3.57. The van der Waals surface area contributed by atoms with Gasteiger partial charge in [-0.2, -0.15) is 0 Å². The molecule has 1 aromatic carbocycles. The molecular weight excluding hydrogens is 226 g/mol. The molecule has 0 saturated heterocycles. The maximum absolute atomic E-state index is 3.57. The Morgan fingerprint density at radius 1 is 1.23 bits per heavy atom. The average molecular weight is 236 g/mol. The minimum atomic E-state index is 1.18. The van der Waals surface area contributed by atoms with Crippen LogP contribution in [0.1, 0.15) is 17.7 Å². The molecule has 1 N–H and O–H groups in total. The number of aryl methyl sites for hydroxylation is 2. The van der Waals surface area contributed by atoms with Crippen LogP contribution in [0.25, 0.3) is 10.9 Å². The van der Waals surface area contributed by atoms with Crippen molar-refractivity contribution >= 4 is 26.8 Å². The second kappa shape index (κ2) is 2.61. The number of aromatic nitrogens is 1. The molecule has 0 amide bonds. The lowest BCUT2D eigenvalue weighted by Crippen LogP contribution is -1.77. The van der Waals surface area contributed by atoms with Crippen LogP contribution in [0.3, 0.4) is 0 Å². The van der Waals surface area contributed by atoms with Crippen LogP contribution >= 0.6 is 15.9 Å². The van der Waals surface area contributed by atoms with Crippen molar-refractivity contribution in [3.63, 3.8) is 0 Å². The van der Waals surface area contributed by atoms with Gasteiger partial charge in [-0.3, -0.25) is 0 Å². The van der Waals surface area contributed by atoms with Gasteiger partial charge in [-0.05, 0) is 46.8 Å². The van der Waals surface area contributed by atoms with Crippen LogP contribution in [0.5, 0.6) is 0 Å². The first-order chi connectivity index (χ1) is 6.36. The topological polar surface area (TPSA) is 15.8 Å². The third-order valence-corrected chi connectivity index (χ3v) is 3.49. The highest BCUT2D eigenvalue weighted by molar-refractivity contribution is 9.10. The van der Waals surface area contributed by atoms with E-state index in [2.05, 4.69) is 39.1 Å². The van der Waals surface area contributed by atoms with Crippen molar-refractivity contribution in [2.75, 3.05) is 0 Å². The van der Waals surface area contributed by atoms with Crippen molar-refractivity contribution < 1.29 is 0 Å². The third kappa shape index (κ3) is 0.983. The molecule has 2 aromatic rings. The molecule has 2 heteroatoms. The predicted octanol–water partition coefficient (Wildman–Crippen LogP) is 3.42. The van der Waals surface area contributed by atoms with Crippen molar-refractivity contribution in [3.05, 3.63) is 33.9 Å². The molecule has 3 rings (SSSR count). The largest absolute Gasteiger partial charge is 0.357 e. The molecule has 0 unspecified atom stereocenters. The second-order valence-electron chi connectivity index (χ2n) is 3.60. The number of hydrogen-bond acceptors (Lipinski definition) is 0. The molecule has 13 heavy (non-hydrogen) atoms. The van der Waals surface area contributed by atoms with E-state index in [0.717, 1.165) is 0 Å². The Morgan fingerprint density at radius 3 is 3.08 bits per heavy atom. The Labute approximate surface area is 85.3 Å². The smallest absolute Gasteiger partial charge is 0.0603 e. The minimum absolute atomic E-state index is 1.18. The lowest BCUT2D eigenvalue weighted by Gasteiger charge is -1.95. The molecule has 1 nitrogen and oxygen atoms in total. The Morgan fingerprint density at radius 2 is 2.15 bits per heavy atom. The normalized spacial score (nSPS) is 15.2. The van der Waals surface area contributed by atoms with Gasteiger partial charge in [0.2, 0.25) is 0 Å². The first kappa shape index (κ1) is 7.63. The minimum Gasteiger partial charge on any atom is -0.357 e. The number of H-pyrrole nitrogens is 1. The maximum Gasteiger partial charge on any atom is 0.0603 e. The van der Waals surface area contributed by atoms with Crippen LogP contribution in [0.15, 0.2) is 22.7 Å². The molecule has 66 valence electrons. The van der Waals surface area contributed by atoms with E-state index >= 15 is 0 Å². The van der Waals surface area contributed by atoms with Crippen LogP contribution in [-0.2, 0) is 12.8 Å². The lowest BCUT2D eigenvalue weighted by atomic mass is 10.1. The van der Waals surface area contributed by atoms with Gasteiger partial charge in [0.25, 0.3) is 0 Å². The zero-order valence-electron chi connectivity index (χ0n) is 7.23. The number of aromatic amines is 1. The molecular formula is C11H10BrN. The summed E-state index contributed by atoms with van der Waals surface area (Å²) in [5, 5.41) is 1.40. The first-order valence-electron chi connectivity index (χ1n) is 4.64. The van der Waals surface area contributed by atoms with Crippen molar-refractivity contribution in [3.8, 4) is 0 Å². The molecule has 1 aromatic heterocycles. The van der Waals surface area contributed by atoms with E-state index in [4.69, 9.17) is 0 Å². The molecule has 1 heterocycles. The average Bonchev–Trinajstić information content (AvgIpc) is 2.65. The summed E-state index contributed by atoms with van der Waals surface area (Å²) >= 11 is 3.57. The number of halogens is 1. The number of fused-ring (bicyclic) bond motifs is 3. The summed E-state index contributed by atoms with van der Waals surface area (Å²) in [6.07, 6.45) is 3.77. The van der Waals surface area contributed by atoms with Crippen LogP contribution < -0.4 is 0 Å². The Kier molecular flexibility index (Phi) is 1.53. The fraction of sp³-hybridized carbons (Fsp3) is 0.273. The predicted molar refractivity (Wildman–Crippen MR) is 58.0 cm³/mol. The van der Waals surface area contributed by atoms with Crippen molar-refractivity contribution in [1.82, 2.24) is 4.98 Å².